The minimum Gasteiger partial charge on any atom is -0.492 e. The highest BCUT2D eigenvalue weighted by molar-refractivity contribution is 5.93. The van der Waals surface area contributed by atoms with E-state index >= 15 is 0 Å². The molecule has 0 saturated heterocycles. The molecule has 1 atom stereocenters. The van der Waals surface area contributed by atoms with Crippen molar-refractivity contribution in [3.8, 4) is 5.75 Å². The summed E-state index contributed by atoms with van der Waals surface area (Å²) in [6.45, 7) is 5.87. The Balaban J connectivity index is 2.40. The third-order valence-corrected chi connectivity index (χ3v) is 3.30. The Morgan fingerprint density at radius 3 is 2.58 bits per heavy atom. The van der Waals surface area contributed by atoms with Gasteiger partial charge in [-0.15, -0.1) is 0 Å². The molecule has 1 rings (SSSR count). The summed E-state index contributed by atoms with van der Waals surface area (Å²) in [5, 5.41) is 0. The monoisotopic (exact) mass is 265 g/mol. The number of ether oxygens (including phenoxy) is 1. The fourth-order valence-corrected chi connectivity index (χ4v) is 1.63. The molecule has 106 valence electrons. The second-order valence-corrected chi connectivity index (χ2v) is 4.58. The van der Waals surface area contributed by atoms with E-state index < -0.39 is 0 Å². The van der Waals surface area contributed by atoms with Gasteiger partial charge in [0.25, 0.3) is 5.91 Å². The Bertz CT molecular complexity index is 392. The normalized spacial score (nSPS) is 12.3. The molecule has 5 nitrogen and oxygen atoms in total. The van der Waals surface area contributed by atoms with Crippen LogP contribution in [0.2, 0.25) is 0 Å². The number of carbonyl (C=O) groups is 1. The van der Waals surface area contributed by atoms with Crippen LogP contribution in [0.3, 0.4) is 0 Å². The molecule has 0 aliphatic carbocycles. The Labute approximate surface area is 114 Å². The molecule has 0 aliphatic rings. The summed E-state index contributed by atoms with van der Waals surface area (Å²) in [5.41, 5.74) is 2.61. The molecule has 0 heterocycles. The number of hydrazine groups is 1. The van der Waals surface area contributed by atoms with Gasteiger partial charge < -0.3 is 9.64 Å². The molecule has 1 aromatic carbocycles. The number of nitrogens with zero attached hydrogens (tertiary/aromatic N) is 1. The van der Waals surface area contributed by atoms with Crippen molar-refractivity contribution in [2.75, 3.05) is 20.2 Å². The van der Waals surface area contributed by atoms with Gasteiger partial charge in [0.05, 0.1) is 0 Å². The van der Waals surface area contributed by atoms with Gasteiger partial charge in [-0.1, -0.05) is 6.92 Å². The summed E-state index contributed by atoms with van der Waals surface area (Å²) < 4.78 is 5.64. The van der Waals surface area contributed by atoms with Crippen LogP contribution < -0.4 is 16.0 Å². The molecule has 0 aromatic heterocycles. The highest BCUT2D eigenvalue weighted by atomic mass is 16.5. The van der Waals surface area contributed by atoms with Crippen LogP contribution in [0.5, 0.6) is 5.75 Å². The number of nitrogen functional groups attached to an aromatic ring is 1. The molecule has 1 amide bonds. The maximum atomic E-state index is 11.3. The average molecular weight is 265 g/mol. The van der Waals surface area contributed by atoms with E-state index in [9.17, 15) is 4.79 Å². The fraction of sp³-hybridized carbons (Fsp3) is 0.500. The van der Waals surface area contributed by atoms with Crippen LogP contribution in [0.25, 0.3) is 0 Å². The first-order chi connectivity index (χ1) is 9.08. The van der Waals surface area contributed by atoms with E-state index in [1.165, 1.54) is 0 Å². The fourth-order valence-electron chi connectivity index (χ4n) is 1.63. The van der Waals surface area contributed by atoms with Gasteiger partial charge in [0.15, 0.2) is 0 Å². The molecule has 19 heavy (non-hydrogen) atoms. The summed E-state index contributed by atoms with van der Waals surface area (Å²) in [5.74, 6) is 5.51. The van der Waals surface area contributed by atoms with Crippen molar-refractivity contribution in [3.63, 3.8) is 0 Å². The lowest BCUT2D eigenvalue weighted by molar-refractivity contribution is 0.0953. The summed E-state index contributed by atoms with van der Waals surface area (Å²) >= 11 is 0. The number of benzene rings is 1. The standard InChI is InChI=1S/C14H23N3O2/c1-4-11(2)17(3)9-10-19-13-7-5-12(6-8-13)14(18)16-15/h5-8,11H,4,9-10,15H2,1-3H3,(H,16,18). The Hall–Kier alpha value is -1.59. The molecule has 1 unspecified atom stereocenters. The zero-order chi connectivity index (χ0) is 14.3. The topological polar surface area (TPSA) is 67.6 Å². The summed E-state index contributed by atoms with van der Waals surface area (Å²) in [6.07, 6.45) is 1.12. The maximum absolute atomic E-state index is 11.3. The van der Waals surface area contributed by atoms with Gasteiger partial charge in [0, 0.05) is 18.2 Å². The van der Waals surface area contributed by atoms with Crippen molar-refractivity contribution in [1.29, 1.82) is 0 Å². The van der Waals surface area contributed by atoms with Gasteiger partial charge in [0.2, 0.25) is 0 Å². The van der Waals surface area contributed by atoms with Crippen LogP contribution >= 0.6 is 0 Å². The van der Waals surface area contributed by atoms with Crippen LogP contribution in [-0.2, 0) is 0 Å². The summed E-state index contributed by atoms with van der Waals surface area (Å²) in [7, 11) is 2.09. The van der Waals surface area contributed by atoms with Crippen LogP contribution in [0.4, 0.5) is 0 Å². The quantitative estimate of drug-likeness (QED) is 0.444. The van der Waals surface area contributed by atoms with Crippen molar-refractivity contribution in [2.45, 2.75) is 26.3 Å². The van der Waals surface area contributed by atoms with E-state index in [-0.39, 0.29) is 5.91 Å². The Morgan fingerprint density at radius 1 is 1.42 bits per heavy atom. The third kappa shape index (κ3) is 4.89. The van der Waals surface area contributed by atoms with Crippen molar-refractivity contribution in [3.05, 3.63) is 29.8 Å². The van der Waals surface area contributed by atoms with Crippen molar-refractivity contribution in [1.82, 2.24) is 10.3 Å². The second-order valence-electron chi connectivity index (χ2n) is 4.58. The molecule has 0 spiro atoms. The first-order valence-corrected chi connectivity index (χ1v) is 6.52. The lowest BCUT2D eigenvalue weighted by atomic mass is 10.2. The summed E-state index contributed by atoms with van der Waals surface area (Å²) in [4.78, 5) is 13.5. The Morgan fingerprint density at radius 2 is 2.05 bits per heavy atom. The third-order valence-electron chi connectivity index (χ3n) is 3.30. The van der Waals surface area contributed by atoms with Gasteiger partial charge in [-0.05, 0) is 44.7 Å². The van der Waals surface area contributed by atoms with Gasteiger partial charge >= 0.3 is 0 Å². The highest BCUT2D eigenvalue weighted by Crippen LogP contribution is 2.12. The van der Waals surface area contributed by atoms with Crippen molar-refractivity contribution >= 4 is 5.91 Å². The predicted octanol–water partition coefficient (Wildman–Crippen LogP) is 1.40. The van der Waals surface area contributed by atoms with E-state index in [1.54, 1.807) is 24.3 Å². The molecule has 0 radical (unpaired) electrons. The first kappa shape index (κ1) is 15.5. The predicted molar refractivity (Wildman–Crippen MR) is 76.0 cm³/mol. The van der Waals surface area contributed by atoms with Crippen molar-refractivity contribution in [2.24, 2.45) is 5.84 Å². The number of rotatable bonds is 7. The van der Waals surface area contributed by atoms with Gasteiger partial charge in [-0.25, -0.2) is 5.84 Å². The van der Waals surface area contributed by atoms with E-state index in [0.717, 1.165) is 18.7 Å². The molecular formula is C14H23N3O2. The largest absolute Gasteiger partial charge is 0.492 e. The van der Waals surface area contributed by atoms with E-state index in [0.29, 0.717) is 18.2 Å². The highest BCUT2D eigenvalue weighted by Gasteiger charge is 2.06. The maximum Gasteiger partial charge on any atom is 0.265 e. The number of carbonyl (C=O) groups excluding carboxylic acids is 1. The zero-order valence-corrected chi connectivity index (χ0v) is 11.8. The minimum absolute atomic E-state index is 0.303. The van der Waals surface area contributed by atoms with Crippen LogP contribution in [0.15, 0.2) is 24.3 Å². The smallest absolute Gasteiger partial charge is 0.265 e. The van der Waals surface area contributed by atoms with Crippen LogP contribution in [0.1, 0.15) is 30.6 Å². The van der Waals surface area contributed by atoms with Crippen molar-refractivity contribution < 1.29 is 9.53 Å². The second kappa shape index (κ2) is 7.76. The van der Waals surface area contributed by atoms with Gasteiger partial charge in [0.1, 0.15) is 12.4 Å². The number of nitrogens with one attached hydrogen (secondary N) is 1. The van der Waals surface area contributed by atoms with Crippen LogP contribution in [0, 0.1) is 0 Å². The average Bonchev–Trinajstić information content (AvgIpc) is 2.46. The molecule has 3 N–H and O–H groups in total. The van der Waals surface area contributed by atoms with Gasteiger partial charge in [-0.2, -0.15) is 0 Å². The molecule has 0 bridgehead atoms. The van der Waals surface area contributed by atoms with E-state index in [4.69, 9.17) is 10.6 Å². The molecular weight excluding hydrogens is 242 g/mol. The first-order valence-electron chi connectivity index (χ1n) is 6.52. The number of hydrogen-bond donors (Lipinski definition) is 2. The van der Waals surface area contributed by atoms with Crippen LogP contribution in [-0.4, -0.2) is 37.0 Å². The zero-order valence-electron chi connectivity index (χ0n) is 11.8. The molecule has 0 fully saturated rings. The SMILES string of the molecule is CCC(C)N(C)CCOc1ccc(C(=O)NN)cc1. The van der Waals surface area contributed by atoms with E-state index in [1.807, 2.05) is 0 Å². The lowest BCUT2D eigenvalue weighted by Gasteiger charge is -2.23. The lowest BCUT2D eigenvalue weighted by Crippen LogP contribution is -2.32. The number of amides is 1. The minimum atomic E-state index is -0.303. The Kier molecular flexibility index (Phi) is 6.32. The van der Waals surface area contributed by atoms with E-state index in [2.05, 4.69) is 31.2 Å². The van der Waals surface area contributed by atoms with Gasteiger partial charge in [-0.3, -0.25) is 10.2 Å². The molecule has 1 aromatic rings. The molecule has 0 aliphatic heterocycles. The summed E-state index contributed by atoms with van der Waals surface area (Å²) in [6, 6.07) is 7.48. The number of hydrogen-bond acceptors (Lipinski definition) is 4. The molecule has 5 heteroatoms. The number of nitrogens with two attached hydrogens (primary N) is 1. The number of likely N-dealkylation sites (N-methyl/N-ethyl adjacent to an activating group) is 1. The molecule has 0 saturated carbocycles.